The van der Waals surface area contributed by atoms with Crippen molar-refractivity contribution < 1.29 is 4.74 Å². The van der Waals surface area contributed by atoms with Crippen LogP contribution in [0, 0.1) is 6.92 Å². The smallest absolute Gasteiger partial charge is 0.133 e. The molecule has 3 N–H and O–H groups in total. The number of pyridine rings is 1. The lowest BCUT2D eigenvalue weighted by Gasteiger charge is -2.05. The molecule has 104 valence electrons. The Morgan fingerprint density at radius 2 is 1.86 bits per heavy atom. The number of hydrogen-bond donors (Lipinski definition) is 2. The van der Waals surface area contributed by atoms with Crippen molar-refractivity contribution in [2.45, 2.75) is 6.92 Å². The van der Waals surface area contributed by atoms with E-state index in [1.165, 1.54) is 0 Å². The molecule has 0 fully saturated rings. The number of H-pyrrole nitrogens is 1. The normalized spacial score (nSPS) is 11.5. The molecule has 2 aromatic carbocycles. The zero-order chi connectivity index (χ0) is 14.6. The summed E-state index contributed by atoms with van der Waals surface area (Å²) in [6, 6.07) is 10.2. The number of aromatic nitrogens is 2. The molecule has 4 aromatic rings. The van der Waals surface area contributed by atoms with Crippen LogP contribution < -0.4 is 10.5 Å². The van der Waals surface area contributed by atoms with Crippen LogP contribution in [0.5, 0.6) is 5.75 Å². The number of rotatable bonds is 1. The SMILES string of the molecule is COc1cccc2c1ccc1c2[nH]c2c(C)cnc(N)c21. The van der Waals surface area contributed by atoms with Gasteiger partial charge in [-0.25, -0.2) is 4.98 Å². The van der Waals surface area contributed by atoms with Crippen molar-refractivity contribution in [1.82, 2.24) is 9.97 Å². The van der Waals surface area contributed by atoms with E-state index in [-0.39, 0.29) is 0 Å². The van der Waals surface area contributed by atoms with E-state index in [0.29, 0.717) is 5.82 Å². The number of ether oxygens (including phenoxy) is 1. The van der Waals surface area contributed by atoms with Gasteiger partial charge in [-0.05, 0) is 24.6 Å². The molecule has 0 saturated heterocycles. The van der Waals surface area contributed by atoms with Crippen molar-refractivity contribution in [1.29, 1.82) is 0 Å². The quantitative estimate of drug-likeness (QED) is 0.556. The van der Waals surface area contributed by atoms with Crippen LogP contribution in [0.4, 0.5) is 5.82 Å². The predicted molar refractivity (Wildman–Crippen MR) is 86.8 cm³/mol. The molecule has 4 rings (SSSR count). The van der Waals surface area contributed by atoms with Gasteiger partial charge in [-0.2, -0.15) is 0 Å². The zero-order valence-corrected chi connectivity index (χ0v) is 11.9. The minimum Gasteiger partial charge on any atom is -0.496 e. The van der Waals surface area contributed by atoms with Gasteiger partial charge in [0.25, 0.3) is 0 Å². The van der Waals surface area contributed by atoms with Crippen LogP contribution >= 0.6 is 0 Å². The number of nitrogens with zero attached hydrogens (tertiary/aromatic N) is 1. The van der Waals surface area contributed by atoms with Crippen LogP contribution in [-0.4, -0.2) is 17.1 Å². The van der Waals surface area contributed by atoms with Crippen molar-refractivity contribution >= 4 is 38.4 Å². The Labute approximate surface area is 121 Å². The van der Waals surface area contributed by atoms with Gasteiger partial charge in [-0.15, -0.1) is 0 Å². The number of fused-ring (bicyclic) bond motifs is 5. The number of nitrogens with two attached hydrogens (primary N) is 1. The van der Waals surface area contributed by atoms with Crippen LogP contribution in [0.1, 0.15) is 5.56 Å². The number of methoxy groups -OCH3 is 1. The number of nitrogens with one attached hydrogen (secondary N) is 1. The lowest BCUT2D eigenvalue weighted by molar-refractivity contribution is 0.420. The van der Waals surface area contributed by atoms with E-state index in [0.717, 1.165) is 43.9 Å². The summed E-state index contributed by atoms with van der Waals surface area (Å²) in [6.07, 6.45) is 1.80. The third-order valence-electron chi connectivity index (χ3n) is 4.06. The Morgan fingerprint density at radius 3 is 2.67 bits per heavy atom. The zero-order valence-electron chi connectivity index (χ0n) is 11.9. The standard InChI is InChI=1S/C17H15N3O/c1-9-8-19-17(18)14-12-7-6-10-11(16(12)20-15(9)14)4-3-5-13(10)21-2/h3-8,20H,1-2H3,(H2,18,19). The molecule has 0 saturated carbocycles. The van der Waals surface area contributed by atoms with Gasteiger partial charge < -0.3 is 15.5 Å². The van der Waals surface area contributed by atoms with Crippen LogP contribution in [0.15, 0.2) is 36.5 Å². The van der Waals surface area contributed by atoms with E-state index in [2.05, 4.69) is 28.2 Å². The highest BCUT2D eigenvalue weighted by Gasteiger charge is 2.13. The van der Waals surface area contributed by atoms with E-state index in [1.807, 2.05) is 19.1 Å². The summed E-state index contributed by atoms with van der Waals surface area (Å²) in [7, 11) is 1.69. The van der Waals surface area contributed by atoms with Crippen LogP contribution in [0.2, 0.25) is 0 Å². The Balaban J connectivity index is 2.27. The van der Waals surface area contributed by atoms with Gasteiger partial charge in [0.05, 0.1) is 18.1 Å². The van der Waals surface area contributed by atoms with Gasteiger partial charge in [-0.1, -0.05) is 18.2 Å². The number of benzene rings is 2. The van der Waals surface area contributed by atoms with E-state index >= 15 is 0 Å². The first kappa shape index (κ1) is 12.0. The van der Waals surface area contributed by atoms with Crippen molar-refractivity contribution in [3.05, 3.63) is 42.1 Å². The largest absolute Gasteiger partial charge is 0.496 e. The second-order valence-electron chi connectivity index (χ2n) is 5.24. The number of aromatic amines is 1. The lowest BCUT2D eigenvalue weighted by Crippen LogP contribution is -1.91. The summed E-state index contributed by atoms with van der Waals surface area (Å²) in [4.78, 5) is 7.78. The molecule has 0 radical (unpaired) electrons. The summed E-state index contributed by atoms with van der Waals surface area (Å²) >= 11 is 0. The summed E-state index contributed by atoms with van der Waals surface area (Å²) in [5.74, 6) is 1.43. The van der Waals surface area contributed by atoms with Crippen LogP contribution in [0.25, 0.3) is 32.6 Å². The van der Waals surface area contributed by atoms with Gasteiger partial charge >= 0.3 is 0 Å². The fourth-order valence-corrected chi connectivity index (χ4v) is 3.03. The second-order valence-corrected chi connectivity index (χ2v) is 5.24. The summed E-state index contributed by atoms with van der Waals surface area (Å²) in [5.41, 5.74) is 9.29. The predicted octanol–water partition coefficient (Wildman–Crippen LogP) is 3.77. The highest BCUT2D eigenvalue weighted by molar-refractivity contribution is 6.20. The van der Waals surface area contributed by atoms with Crippen molar-refractivity contribution in [3.8, 4) is 5.75 Å². The maximum atomic E-state index is 6.08. The summed E-state index contributed by atoms with van der Waals surface area (Å²) < 4.78 is 5.45. The minimum absolute atomic E-state index is 0.559. The first-order valence-corrected chi connectivity index (χ1v) is 6.83. The molecule has 0 aliphatic rings. The highest BCUT2D eigenvalue weighted by atomic mass is 16.5. The third-order valence-corrected chi connectivity index (χ3v) is 4.06. The van der Waals surface area contributed by atoms with Crippen molar-refractivity contribution in [2.24, 2.45) is 0 Å². The van der Waals surface area contributed by atoms with Gasteiger partial charge in [0.1, 0.15) is 11.6 Å². The highest BCUT2D eigenvalue weighted by Crippen LogP contribution is 2.37. The molecule has 2 heterocycles. The van der Waals surface area contributed by atoms with Gasteiger partial charge in [-0.3, -0.25) is 0 Å². The van der Waals surface area contributed by atoms with Crippen molar-refractivity contribution in [3.63, 3.8) is 0 Å². The van der Waals surface area contributed by atoms with Crippen LogP contribution in [-0.2, 0) is 0 Å². The monoisotopic (exact) mass is 277 g/mol. The molecule has 0 unspecified atom stereocenters. The molecule has 2 aromatic heterocycles. The fourth-order valence-electron chi connectivity index (χ4n) is 3.03. The topological polar surface area (TPSA) is 63.9 Å². The first-order chi connectivity index (χ1) is 10.2. The first-order valence-electron chi connectivity index (χ1n) is 6.83. The molecule has 0 amide bonds. The molecule has 0 spiro atoms. The molecule has 0 aliphatic carbocycles. The van der Waals surface area contributed by atoms with E-state index in [4.69, 9.17) is 10.5 Å². The molecule has 0 atom stereocenters. The molecular formula is C17H15N3O. The average molecular weight is 277 g/mol. The average Bonchev–Trinajstić information content (AvgIpc) is 2.91. The molecule has 0 aliphatic heterocycles. The number of hydrogen-bond acceptors (Lipinski definition) is 3. The van der Waals surface area contributed by atoms with Crippen molar-refractivity contribution in [2.75, 3.05) is 12.8 Å². The molecular weight excluding hydrogens is 262 g/mol. The van der Waals surface area contributed by atoms with E-state index < -0.39 is 0 Å². The Bertz CT molecular complexity index is 1000. The van der Waals surface area contributed by atoms with E-state index in [9.17, 15) is 0 Å². The third kappa shape index (κ3) is 1.53. The Kier molecular flexibility index (Phi) is 2.36. The van der Waals surface area contributed by atoms with Gasteiger partial charge in [0, 0.05) is 27.7 Å². The maximum Gasteiger partial charge on any atom is 0.133 e. The minimum atomic E-state index is 0.559. The van der Waals surface area contributed by atoms with Gasteiger partial charge in [0.2, 0.25) is 0 Å². The Hall–Kier alpha value is -2.75. The number of nitrogen functional groups attached to an aromatic ring is 1. The summed E-state index contributed by atoms with van der Waals surface area (Å²) in [5, 5.41) is 4.30. The number of aryl methyl sites for hydroxylation is 1. The van der Waals surface area contributed by atoms with Crippen LogP contribution in [0.3, 0.4) is 0 Å². The summed E-state index contributed by atoms with van der Waals surface area (Å²) in [6.45, 7) is 2.03. The molecule has 0 bridgehead atoms. The van der Waals surface area contributed by atoms with Gasteiger partial charge in [0.15, 0.2) is 0 Å². The van der Waals surface area contributed by atoms with E-state index in [1.54, 1.807) is 13.3 Å². The molecule has 4 nitrogen and oxygen atoms in total. The fraction of sp³-hybridized carbons (Fsp3) is 0.118. The second kappa shape index (κ2) is 4.12. The Morgan fingerprint density at radius 1 is 1.05 bits per heavy atom. The number of anilines is 1. The molecule has 4 heteroatoms. The molecule has 21 heavy (non-hydrogen) atoms. The maximum absolute atomic E-state index is 6.08. The lowest BCUT2D eigenvalue weighted by atomic mass is 10.0.